The van der Waals surface area contributed by atoms with Gasteiger partial charge in [-0.25, -0.2) is 0 Å². The predicted octanol–water partition coefficient (Wildman–Crippen LogP) is 15.5. The van der Waals surface area contributed by atoms with Crippen LogP contribution in [0.25, 0.3) is 64.7 Å². The molecule has 0 atom stereocenters. The fourth-order valence-electron chi connectivity index (χ4n) is 10.2. The zero-order chi connectivity index (χ0) is 38.4. The van der Waals surface area contributed by atoms with Crippen molar-refractivity contribution in [3.05, 3.63) is 234 Å². The van der Waals surface area contributed by atoms with Gasteiger partial charge in [-0.05, 0) is 99.0 Å². The van der Waals surface area contributed by atoms with Gasteiger partial charge in [-0.2, -0.15) is 0 Å². The molecule has 0 bridgehead atoms. The van der Waals surface area contributed by atoms with E-state index in [1.807, 2.05) is 11.3 Å². The smallest absolute Gasteiger partial charge is 0.0725 e. The Kier molecular flexibility index (Phi) is 7.30. The van der Waals surface area contributed by atoms with Crippen LogP contribution in [0.15, 0.2) is 206 Å². The molecule has 10 aromatic rings. The van der Waals surface area contributed by atoms with Crippen molar-refractivity contribution in [1.82, 2.24) is 0 Å². The third-order valence-electron chi connectivity index (χ3n) is 12.6. The van der Waals surface area contributed by atoms with Crippen LogP contribution in [0, 0.1) is 6.92 Å². The van der Waals surface area contributed by atoms with Gasteiger partial charge in [0.1, 0.15) is 0 Å². The van der Waals surface area contributed by atoms with Crippen LogP contribution >= 0.6 is 11.3 Å². The maximum absolute atomic E-state index is 2.45. The molecule has 1 aromatic heterocycles. The number of hydrogen-bond acceptors (Lipinski definition) is 2. The number of thiophene rings is 1. The van der Waals surface area contributed by atoms with E-state index in [2.05, 4.69) is 218 Å². The van der Waals surface area contributed by atoms with Crippen molar-refractivity contribution >= 4 is 48.6 Å². The molecule has 0 amide bonds. The Morgan fingerprint density at radius 1 is 0.397 bits per heavy atom. The Labute approximate surface area is 342 Å². The second-order valence-corrected chi connectivity index (χ2v) is 16.7. The van der Waals surface area contributed by atoms with Crippen LogP contribution < -0.4 is 4.90 Å². The van der Waals surface area contributed by atoms with Crippen LogP contribution in [0.2, 0.25) is 0 Å². The molecule has 0 fully saturated rings. The molecule has 0 radical (unpaired) electrons. The summed E-state index contributed by atoms with van der Waals surface area (Å²) in [6.45, 7) is 2.16. The van der Waals surface area contributed by atoms with Gasteiger partial charge in [-0.15, -0.1) is 11.3 Å². The molecule has 9 aromatic carbocycles. The van der Waals surface area contributed by atoms with Crippen LogP contribution in [-0.4, -0.2) is 0 Å². The first-order valence-corrected chi connectivity index (χ1v) is 20.9. The molecule has 12 rings (SSSR count). The first-order valence-electron chi connectivity index (χ1n) is 20.1. The highest BCUT2D eigenvalue weighted by Crippen LogP contribution is 2.64. The standard InChI is InChI=1S/C56H37NS/c1-36-31-33-38(34-32-36)57(52-29-10-5-19-43(52)45-23-13-24-46-44-20-6-11-30-53(44)58-55(45)46)39-16-12-15-37(35-39)40-22-14-28-51-54(40)47-21-4-9-27-50(47)56(51)48-25-7-2-17-41(48)42-18-3-8-26-49(42)56/h2-35H,1H3. The van der Waals surface area contributed by atoms with Gasteiger partial charge in [0.15, 0.2) is 0 Å². The average molecular weight is 756 g/mol. The molecule has 0 saturated heterocycles. The fourth-order valence-corrected chi connectivity index (χ4v) is 11.4. The summed E-state index contributed by atoms with van der Waals surface area (Å²) in [5, 5.41) is 2.62. The number of fused-ring (bicyclic) bond motifs is 13. The predicted molar refractivity (Wildman–Crippen MR) is 246 cm³/mol. The molecule has 2 aliphatic rings. The number of para-hydroxylation sites is 1. The van der Waals surface area contributed by atoms with E-state index in [0.29, 0.717) is 0 Å². The molecular weight excluding hydrogens is 719 g/mol. The molecule has 1 nitrogen and oxygen atoms in total. The number of benzene rings is 9. The normalized spacial score (nSPS) is 13.1. The summed E-state index contributed by atoms with van der Waals surface area (Å²) in [7, 11) is 0. The number of aryl methyl sites for hydroxylation is 1. The summed E-state index contributed by atoms with van der Waals surface area (Å²) in [4.78, 5) is 2.45. The first-order chi connectivity index (χ1) is 28.7. The SMILES string of the molecule is Cc1ccc(N(c2cccc(-c3cccc4c3-c3ccccc3C43c4ccccc4-c4ccccc43)c2)c2ccccc2-c2cccc3c2sc2ccccc23)cc1. The summed E-state index contributed by atoms with van der Waals surface area (Å²) in [6, 6.07) is 76.8. The molecule has 272 valence electrons. The Hall–Kier alpha value is -7.00. The lowest BCUT2D eigenvalue weighted by Crippen LogP contribution is -2.25. The van der Waals surface area contributed by atoms with Crippen LogP contribution in [0.5, 0.6) is 0 Å². The van der Waals surface area contributed by atoms with E-state index in [1.54, 1.807) is 0 Å². The van der Waals surface area contributed by atoms with E-state index in [0.717, 1.165) is 17.1 Å². The molecule has 58 heavy (non-hydrogen) atoms. The Balaban J connectivity index is 1.07. The second kappa shape index (κ2) is 12.8. The molecular formula is C56H37NS. The number of anilines is 3. The summed E-state index contributed by atoms with van der Waals surface area (Å²) >= 11 is 1.88. The fraction of sp³-hybridized carbons (Fsp3) is 0.0357. The van der Waals surface area contributed by atoms with Crippen LogP contribution in [0.3, 0.4) is 0 Å². The van der Waals surface area contributed by atoms with E-state index in [-0.39, 0.29) is 5.41 Å². The first kappa shape index (κ1) is 33.2. The van der Waals surface area contributed by atoms with Crippen molar-refractivity contribution < 1.29 is 0 Å². The van der Waals surface area contributed by atoms with Crippen LogP contribution in [-0.2, 0) is 5.41 Å². The van der Waals surface area contributed by atoms with E-state index in [4.69, 9.17) is 0 Å². The van der Waals surface area contributed by atoms with E-state index < -0.39 is 0 Å². The summed E-state index contributed by atoms with van der Waals surface area (Å²) < 4.78 is 2.63. The van der Waals surface area contributed by atoms with Crippen molar-refractivity contribution in [1.29, 1.82) is 0 Å². The molecule has 0 N–H and O–H groups in total. The lowest BCUT2D eigenvalue weighted by atomic mass is 9.70. The lowest BCUT2D eigenvalue weighted by molar-refractivity contribution is 0.794. The number of nitrogens with zero attached hydrogens (tertiary/aromatic N) is 1. The number of rotatable bonds is 5. The van der Waals surface area contributed by atoms with Crippen molar-refractivity contribution in [3.8, 4) is 44.5 Å². The second-order valence-electron chi connectivity index (χ2n) is 15.6. The summed E-state index contributed by atoms with van der Waals surface area (Å²) in [5.41, 5.74) is 19.9. The molecule has 2 aliphatic carbocycles. The summed E-state index contributed by atoms with van der Waals surface area (Å²) in [6.07, 6.45) is 0. The molecule has 1 heterocycles. The lowest BCUT2D eigenvalue weighted by Gasteiger charge is -2.30. The number of hydrogen-bond donors (Lipinski definition) is 0. The van der Waals surface area contributed by atoms with Crippen LogP contribution in [0.4, 0.5) is 17.1 Å². The minimum absolute atomic E-state index is 0.382. The summed E-state index contributed by atoms with van der Waals surface area (Å²) in [5.74, 6) is 0. The highest BCUT2D eigenvalue weighted by Gasteiger charge is 2.51. The minimum atomic E-state index is -0.382. The maximum Gasteiger partial charge on any atom is 0.0725 e. The highest BCUT2D eigenvalue weighted by atomic mass is 32.1. The Morgan fingerprint density at radius 2 is 0.948 bits per heavy atom. The third-order valence-corrected chi connectivity index (χ3v) is 13.8. The monoisotopic (exact) mass is 755 g/mol. The van der Waals surface area contributed by atoms with Gasteiger partial charge in [-0.3, -0.25) is 0 Å². The molecule has 0 saturated carbocycles. The average Bonchev–Trinajstić information content (AvgIpc) is 3.92. The molecule has 0 unspecified atom stereocenters. The Bertz CT molecular complexity index is 3210. The van der Waals surface area contributed by atoms with E-state index in [9.17, 15) is 0 Å². The largest absolute Gasteiger partial charge is 0.310 e. The molecule has 2 heteroatoms. The van der Waals surface area contributed by atoms with Crippen molar-refractivity contribution in [2.75, 3.05) is 4.90 Å². The maximum atomic E-state index is 2.45. The van der Waals surface area contributed by atoms with Gasteiger partial charge in [0.25, 0.3) is 0 Å². The molecule has 1 spiro atoms. The topological polar surface area (TPSA) is 3.24 Å². The van der Waals surface area contributed by atoms with Crippen molar-refractivity contribution in [3.63, 3.8) is 0 Å². The van der Waals surface area contributed by atoms with Gasteiger partial charge < -0.3 is 4.90 Å². The van der Waals surface area contributed by atoms with Crippen molar-refractivity contribution in [2.24, 2.45) is 0 Å². The highest BCUT2D eigenvalue weighted by molar-refractivity contribution is 7.26. The third kappa shape index (κ3) is 4.64. The zero-order valence-electron chi connectivity index (χ0n) is 32.0. The van der Waals surface area contributed by atoms with E-state index in [1.165, 1.54) is 92.5 Å². The van der Waals surface area contributed by atoms with E-state index >= 15 is 0 Å². The zero-order valence-corrected chi connectivity index (χ0v) is 32.8. The van der Waals surface area contributed by atoms with Gasteiger partial charge in [-0.1, -0.05) is 175 Å². The van der Waals surface area contributed by atoms with Gasteiger partial charge >= 0.3 is 0 Å². The Morgan fingerprint density at radius 3 is 1.72 bits per heavy atom. The van der Waals surface area contributed by atoms with Crippen molar-refractivity contribution in [2.45, 2.75) is 12.3 Å². The quantitative estimate of drug-likeness (QED) is 0.169. The van der Waals surface area contributed by atoms with Gasteiger partial charge in [0.2, 0.25) is 0 Å². The minimum Gasteiger partial charge on any atom is -0.310 e. The van der Waals surface area contributed by atoms with Crippen LogP contribution in [0.1, 0.15) is 27.8 Å². The van der Waals surface area contributed by atoms with Gasteiger partial charge in [0, 0.05) is 42.7 Å². The molecule has 0 aliphatic heterocycles. The van der Waals surface area contributed by atoms with Gasteiger partial charge in [0.05, 0.1) is 11.1 Å².